The number of fused-ring (bicyclic) bond motifs is 1. The van der Waals surface area contributed by atoms with E-state index in [4.69, 9.17) is 0 Å². The molecule has 1 aliphatic rings. The molecule has 2 amide bonds. The monoisotopic (exact) mass is 232 g/mol. The van der Waals surface area contributed by atoms with Crippen molar-refractivity contribution >= 4 is 17.5 Å². The number of carbonyl (C=O) groups excluding carboxylic acids is 2. The minimum atomic E-state index is -0.0457. The van der Waals surface area contributed by atoms with Crippen molar-refractivity contribution in [2.24, 2.45) is 0 Å². The van der Waals surface area contributed by atoms with Gasteiger partial charge in [-0.25, -0.2) is 0 Å². The maximum absolute atomic E-state index is 12.2. The summed E-state index contributed by atoms with van der Waals surface area (Å²) in [5, 5.41) is 0. The van der Waals surface area contributed by atoms with Crippen LogP contribution in [-0.2, 0) is 4.79 Å². The van der Waals surface area contributed by atoms with E-state index < -0.39 is 0 Å². The number of carbonyl (C=O) groups is 2. The Hall–Kier alpha value is -1.84. The average Bonchev–Trinajstić information content (AvgIpc) is 2.29. The predicted molar refractivity (Wildman–Crippen MR) is 65.8 cm³/mol. The largest absolute Gasteiger partial charge is 0.318 e. The van der Waals surface area contributed by atoms with Crippen molar-refractivity contribution in [1.29, 1.82) is 0 Å². The minimum absolute atomic E-state index is 0.00639. The van der Waals surface area contributed by atoms with Gasteiger partial charge in [-0.1, -0.05) is 12.1 Å². The fourth-order valence-corrected chi connectivity index (χ4v) is 2.00. The topological polar surface area (TPSA) is 40.6 Å². The Labute approximate surface area is 101 Å². The van der Waals surface area contributed by atoms with Gasteiger partial charge >= 0.3 is 0 Å². The molecule has 0 unspecified atom stereocenters. The summed E-state index contributed by atoms with van der Waals surface area (Å²) >= 11 is 0. The molecule has 0 atom stereocenters. The number of anilines is 1. The van der Waals surface area contributed by atoms with Crippen LogP contribution >= 0.6 is 0 Å². The molecule has 0 aromatic heterocycles. The van der Waals surface area contributed by atoms with E-state index in [1.165, 1.54) is 6.92 Å². The summed E-state index contributed by atoms with van der Waals surface area (Å²) in [7, 11) is 0. The van der Waals surface area contributed by atoms with Gasteiger partial charge in [0.15, 0.2) is 0 Å². The molecule has 0 radical (unpaired) electrons. The van der Waals surface area contributed by atoms with Crippen molar-refractivity contribution in [1.82, 2.24) is 4.90 Å². The second-order valence-corrected chi connectivity index (χ2v) is 4.47. The van der Waals surface area contributed by atoms with E-state index >= 15 is 0 Å². The molecule has 1 aromatic rings. The summed E-state index contributed by atoms with van der Waals surface area (Å²) in [5.41, 5.74) is 1.31. The Kier molecular flexibility index (Phi) is 2.88. The van der Waals surface area contributed by atoms with Crippen LogP contribution in [0.15, 0.2) is 24.3 Å². The van der Waals surface area contributed by atoms with Gasteiger partial charge in [-0.15, -0.1) is 0 Å². The van der Waals surface area contributed by atoms with Crippen LogP contribution in [0, 0.1) is 0 Å². The molecule has 17 heavy (non-hydrogen) atoms. The van der Waals surface area contributed by atoms with Gasteiger partial charge in [0.1, 0.15) is 6.67 Å². The van der Waals surface area contributed by atoms with Gasteiger partial charge in [-0.3, -0.25) is 14.5 Å². The molecule has 1 heterocycles. The summed E-state index contributed by atoms with van der Waals surface area (Å²) in [6.07, 6.45) is 0. The lowest BCUT2D eigenvalue weighted by Gasteiger charge is -2.38. The first-order chi connectivity index (χ1) is 8.02. The van der Waals surface area contributed by atoms with E-state index in [2.05, 4.69) is 0 Å². The van der Waals surface area contributed by atoms with Crippen molar-refractivity contribution in [3.8, 4) is 0 Å². The molecule has 1 aliphatic heterocycles. The van der Waals surface area contributed by atoms with Crippen molar-refractivity contribution < 1.29 is 9.59 Å². The zero-order chi connectivity index (χ0) is 12.6. The summed E-state index contributed by atoms with van der Waals surface area (Å²) in [6.45, 7) is 5.75. The van der Waals surface area contributed by atoms with Crippen LogP contribution in [0.25, 0.3) is 0 Å². The average molecular weight is 232 g/mol. The highest BCUT2D eigenvalue weighted by atomic mass is 16.2. The minimum Gasteiger partial charge on any atom is -0.318 e. The molecule has 0 bridgehead atoms. The summed E-state index contributed by atoms with van der Waals surface area (Å²) in [4.78, 5) is 27.2. The van der Waals surface area contributed by atoms with E-state index in [1.54, 1.807) is 15.9 Å². The molecular weight excluding hydrogens is 216 g/mol. The first-order valence-electron chi connectivity index (χ1n) is 5.70. The first kappa shape index (κ1) is 11.6. The van der Waals surface area contributed by atoms with Gasteiger partial charge in [0, 0.05) is 13.0 Å². The molecule has 0 N–H and O–H groups in total. The van der Waals surface area contributed by atoms with Gasteiger partial charge in [0.25, 0.3) is 5.91 Å². The van der Waals surface area contributed by atoms with Crippen LogP contribution in [-0.4, -0.2) is 29.4 Å². The van der Waals surface area contributed by atoms with Crippen LogP contribution in [0.4, 0.5) is 5.69 Å². The maximum Gasteiger partial charge on any atom is 0.257 e. The lowest BCUT2D eigenvalue weighted by molar-refractivity contribution is -0.117. The van der Waals surface area contributed by atoms with Crippen molar-refractivity contribution in [2.45, 2.75) is 26.8 Å². The Balaban J connectivity index is 2.51. The Morgan fingerprint density at radius 2 is 1.94 bits per heavy atom. The molecule has 0 fully saturated rings. The van der Waals surface area contributed by atoms with Gasteiger partial charge in [-0.2, -0.15) is 0 Å². The third-order valence-corrected chi connectivity index (χ3v) is 2.98. The molecule has 1 aromatic carbocycles. The fraction of sp³-hybridized carbons (Fsp3) is 0.385. The van der Waals surface area contributed by atoms with E-state index in [0.29, 0.717) is 17.9 Å². The van der Waals surface area contributed by atoms with Crippen molar-refractivity contribution in [3.63, 3.8) is 0 Å². The molecule has 2 rings (SSSR count). The summed E-state index contributed by atoms with van der Waals surface area (Å²) < 4.78 is 0. The van der Waals surface area contributed by atoms with Crippen LogP contribution in [0.2, 0.25) is 0 Å². The van der Waals surface area contributed by atoms with Crippen molar-refractivity contribution in [3.05, 3.63) is 29.8 Å². The summed E-state index contributed by atoms with van der Waals surface area (Å²) in [5.74, 6) is -0.0521. The molecule has 0 saturated carbocycles. The smallest absolute Gasteiger partial charge is 0.257 e. The van der Waals surface area contributed by atoms with E-state index in [1.807, 2.05) is 32.0 Å². The van der Waals surface area contributed by atoms with Gasteiger partial charge in [-0.05, 0) is 26.0 Å². The number of hydrogen-bond donors (Lipinski definition) is 0. The Morgan fingerprint density at radius 1 is 1.29 bits per heavy atom. The molecule has 90 valence electrons. The molecule has 0 saturated heterocycles. The fourth-order valence-electron chi connectivity index (χ4n) is 2.00. The Bertz CT molecular complexity index is 468. The molecule has 0 aliphatic carbocycles. The third-order valence-electron chi connectivity index (χ3n) is 2.98. The first-order valence-corrected chi connectivity index (χ1v) is 5.70. The molecular formula is C13H16N2O2. The molecule has 4 nitrogen and oxygen atoms in total. The summed E-state index contributed by atoms with van der Waals surface area (Å²) in [6, 6.07) is 7.32. The van der Waals surface area contributed by atoms with E-state index in [0.717, 1.165) is 0 Å². The lowest BCUT2D eigenvalue weighted by atomic mass is 10.1. The van der Waals surface area contributed by atoms with Crippen LogP contribution < -0.4 is 4.90 Å². The second kappa shape index (κ2) is 4.20. The zero-order valence-electron chi connectivity index (χ0n) is 10.3. The number of nitrogens with zero attached hydrogens (tertiary/aromatic N) is 2. The van der Waals surface area contributed by atoms with E-state index in [9.17, 15) is 9.59 Å². The number of rotatable bonds is 1. The second-order valence-electron chi connectivity index (χ2n) is 4.47. The van der Waals surface area contributed by atoms with Gasteiger partial charge < -0.3 is 4.90 Å². The highest BCUT2D eigenvalue weighted by Gasteiger charge is 2.31. The quantitative estimate of drug-likeness (QED) is 0.741. The zero-order valence-corrected chi connectivity index (χ0v) is 10.3. The maximum atomic E-state index is 12.2. The van der Waals surface area contributed by atoms with Crippen LogP contribution in [0.1, 0.15) is 31.1 Å². The highest BCUT2D eigenvalue weighted by Crippen LogP contribution is 2.28. The third kappa shape index (κ3) is 1.90. The van der Waals surface area contributed by atoms with Crippen molar-refractivity contribution in [2.75, 3.05) is 11.6 Å². The number of amides is 2. The standard InChI is InChI=1S/C13H16N2O2/c1-9(2)14-8-15(10(3)16)12-7-5-4-6-11(12)13(14)17/h4-7,9H,8H2,1-3H3. The molecule has 0 spiro atoms. The van der Waals surface area contributed by atoms with Gasteiger partial charge in [0.2, 0.25) is 5.91 Å². The highest BCUT2D eigenvalue weighted by molar-refractivity contribution is 6.07. The number of para-hydroxylation sites is 1. The Morgan fingerprint density at radius 3 is 2.53 bits per heavy atom. The SMILES string of the molecule is CC(=O)N1CN(C(C)C)C(=O)c2ccccc21. The normalized spacial score (nSPS) is 15.2. The van der Waals surface area contributed by atoms with Crippen LogP contribution in [0.5, 0.6) is 0 Å². The predicted octanol–water partition coefficient (Wildman–Crippen LogP) is 1.86. The van der Waals surface area contributed by atoms with E-state index in [-0.39, 0.29) is 17.9 Å². The van der Waals surface area contributed by atoms with Crippen LogP contribution in [0.3, 0.4) is 0 Å². The number of hydrogen-bond acceptors (Lipinski definition) is 2. The van der Waals surface area contributed by atoms with Gasteiger partial charge in [0.05, 0.1) is 11.3 Å². The number of benzene rings is 1. The lowest BCUT2D eigenvalue weighted by Crippen LogP contribution is -2.51. The molecule has 4 heteroatoms.